The van der Waals surface area contributed by atoms with Gasteiger partial charge in [-0.15, -0.1) is 0 Å². The van der Waals surface area contributed by atoms with Crippen molar-refractivity contribution in [2.75, 3.05) is 6.54 Å². The molecule has 1 aliphatic rings. The van der Waals surface area contributed by atoms with Gasteiger partial charge in [0.25, 0.3) is 0 Å². The van der Waals surface area contributed by atoms with Crippen LogP contribution in [0.25, 0.3) is 0 Å². The van der Waals surface area contributed by atoms with Gasteiger partial charge in [0.2, 0.25) is 0 Å². The maximum absolute atomic E-state index is 5.46. The molecule has 0 radical (unpaired) electrons. The second-order valence-electron chi connectivity index (χ2n) is 3.71. The van der Waals surface area contributed by atoms with Gasteiger partial charge in [-0.1, -0.05) is 0 Å². The summed E-state index contributed by atoms with van der Waals surface area (Å²) in [5.74, 6) is 0. The summed E-state index contributed by atoms with van der Waals surface area (Å²) in [4.78, 5) is 0. The SMILES string of the molecule is NCCCn1cc2c(n1)CCCC2. The Kier molecular flexibility index (Phi) is 2.64. The number of rotatable bonds is 3. The van der Waals surface area contributed by atoms with Gasteiger partial charge in [0.1, 0.15) is 0 Å². The minimum Gasteiger partial charge on any atom is -0.330 e. The van der Waals surface area contributed by atoms with Crippen LogP contribution in [0.5, 0.6) is 0 Å². The first kappa shape index (κ1) is 8.75. The molecule has 1 aromatic heterocycles. The Labute approximate surface area is 78.9 Å². The van der Waals surface area contributed by atoms with Crippen molar-refractivity contribution in [1.82, 2.24) is 9.78 Å². The summed E-state index contributed by atoms with van der Waals surface area (Å²) < 4.78 is 2.06. The number of hydrogen-bond acceptors (Lipinski definition) is 2. The lowest BCUT2D eigenvalue weighted by atomic mass is 9.99. The van der Waals surface area contributed by atoms with E-state index in [2.05, 4.69) is 16.0 Å². The van der Waals surface area contributed by atoms with Crippen LogP contribution >= 0.6 is 0 Å². The lowest BCUT2D eigenvalue weighted by molar-refractivity contribution is 0.575. The molecule has 0 aromatic carbocycles. The Bertz CT molecular complexity index is 254. The molecular formula is C10H17N3. The van der Waals surface area contributed by atoms with Crippen LogP contribution in [0, 0.1) is 0 Å². The fourth-order valence-electron chi connectivity index (χ4n) is 1.90. The second kappa shape index (κ2) is 3.92. The van der Waals surface area contributed by atoms with Gasteiger partial charge in [-0.25, -0.2) is 0 Å². The van der Waals surface area contributed by atoms with E-state index in [1.807, 2.05) is 0 Å². The lowest BCUT2D eigenvalue weighted by Crippen LogP contribution is -2.06. The van der Waals surface area contributed by atoms with Crippen LogP contribution in [0.15, 0.2) is 6.20 Å². The molecule has 13 heavy (non-hydrogen) atoms. The van der Waals surface area contributed by atoms with Gasteiger partial charge in [0.15, 0.2) is 0 Å². The molecule has 1 heterocycles. The summed E-state index contributed by atoms with van der Waals surface area (Å²) in [5.41, 5.74) is 8.24. The quantitative estimate of drug-likeness (QED) is 0.755. The van der Waals surface area contributed by atoms with Gasteiger partial charge in [-0.3, -0.25) is 4.68 Å². The Balaban J connectivity index is 2.07. The molecule has 0 bridgehead atoms. The maximum Gasteiger partial charge on any atom is 0.0656 e. The van der Waals surface area contributed by atoms with E-state index in [9.17, 15) is 0 Å². The van der Waals surface area contributed by atoms with Gasteiger partial charge in [-0.05, 0) is 44.2 Å². The first-order chi connectivity index (χ1) is 6.40. The van der Waals surface area contributed by atoms with E-state index < -0.39 is 0 Å². The van der Waals surface area contributed by atoms with Crippen LogP contribution in [-0.4, -0.2) is 16.3 Å². The third kappa shape index (κ3) is 1.91. The van der Waals surface area contributed by atoms with Crippen LogP contribution in [0.1, 0.15) is 30.5 Å². The van der Waals surface area contributed by atoms with Gasteiger partial charge in [0, 0.05) is 12.7 Å². The summed E-state index contributed by atoms with van der Waals surface area (Å²) in [5, 5.41) is 4.55. The summed E-state index contributed by atoms with van der Waals surface area (Å²) in [6, 6.07) is 0. The van der Waals surface area contributed by atoms with Crippen molar-refractivity contribution in [3.63, 3.8) is 0 Å². The molecule has 0 amide bonds. The van der Waals surface area contributed by atoms with Gasteiger partial charge in [-0.2, -0.15) is 5.10 Å². The van der Waals surface area contributed by atoms with Crippen molar-refractivity contribution >= 4 is 0 Å². The summed E-state index contributed by atoms with van der Waals surface area (Å²) in [6.45, 7) is 1.73. The van der Waals surface area contributed by atoms with Crippen molar-refractivity contribution in [3.05, 3.63) is 17.5 Å². The van der Waals surface area contributed by atoms with Crippen molar-refractivity contribution < 1.29 is 0 Å². The highest BCUT2D eigenvalue weighted by Crippen LogP contribution is 2.19. The van der Waals surface area contributed by atoms with Crippen LogP contribution in [-0.2, 0) is 19.4 Å². The van der Waals surface area contributed by atoms with Crippen molar-refractivity contribution in [3.8, 4) is 0 Å². The molecule has 3 heteroatoms. The minimum absolute atomic E-state index is 0.754. The first-order valence-electron chi connectivity index (χ1n) is 5.15. The molecule has 2 rings (SSSR count). The van der Waals surface area contributed by atoms with Gasteiger partial charge in [0.05, 0.1) is 5.69 Å². The molecule has 1 aliphatic carbocycles. The van der Waals surface area contributed by atoms with E-state index in [-0.39, 0.29) is 0 Å². The molecule has 0 spiro atoms. The molecule has 1 aromatic rings. The van der Waals surface area contributed by atoms with E-state index in [1.165, 1.54) is 36.9 Å². The Morgan fingerprint density at radius 3 is 3.00 bits per heavy atom. The molecule has 0 atom stereocenters. The highest BCUT2D eigenvalue weighted by Gasteiger charge is 2.12. The number of nitrogens with zero attached hydrogens (tertiary/aromatic N) is 2. The second-order valence-corrected chi connectivity index (χ2v) is 3.71. The average Bonchev–Trinajstić information content (AvgIpc) is 2.57. The van der Waals surface area contributed by atoms with Crippen LogP contribution in [0.4, 0.5) is 0 Å². The smallest absolute Gasteiger partial charge is 0.0656 e. The van der Waals surface area contributed by atoms with Crippen LogP contribution < -0.4 is 5.73 Å². The topological polar surface area (TPSA) is 43.8 Å². The summed E-state index contributed by atoms with van der Waals surface area (Å²) in [7, 11) is 0. The predicted octanol–water partition coefficient (Wildman–Crippen LogP) is 1.11. The predicted molar refractivity (Wildman–Crippen MR) is 52.5 cm³/mol. The van der Waals surface area contributed by atoms with Crippen molar-refractivity contribution in [2.45, 2.75) is 38.6 Å². The summed E-state index contributed by atoms with van der Waals surface area (Å²) in [6.07, 6.45) is 8.25. The number of aryl methyl sites for hydroxylation is 3. The Hall–Kier alpha value is -0.830. The average molecular weight is 179 g/mol. The monoisotopic (exact) mass is 179 g/mol. The molecular weight excluding hydrogens is 162 g/mol. The fraction of sp³-hybridized carbons (Fsp3) is 0.700. The standard InChI is InChI=1S/C10H17N3/c11-6-3-7-13-8-9-4-1-2-5-10(9)12-13/h8H,1-7,11H2. The van der Waals surface area contributed by atoms with Crippen LogP contribution in [0.2, 0.25) is 0 Å². The maximum atomic E-state index is 5.46. The third-order valence-corrected chi connectivity index (χ3v) is 2.63. The fourth-order valence-corrected chi connectivity index (χ4v) is 1.90. The molecule has 3 nitrogen and oxygen atoms in total. The van der Waals surface area contributed by atoms with Gasteiger partial charge < -0.3 is 5.73 Å². The van der Waals surface area contributed by atoms with Crippen LogP contribution in [0.3, 0.4) is 0 Å². The normalized spacial score (nSPS) is 15.8. The highest BCUT2D eigenvalue weighted by molar-refractivity contribution is 5.19. The molecule has 2 N–H and O–H groups in total. The molecule has 0 fully saturated rings. The molecule has 0 saturated carbocycles. The van der Waals surface area contributed by atoms with Gasteiger partial charge >= 0.3 is 0 Å². The van der Waals surface area contributed by atoms with E-state index in [4.69, 9.17) is 5.73 Å². The Morgan fingerprint density at radius 1 is 1.38 bits per heavy atom. The molecule has 0 aliphatic heterocycles. The number of fused-ring (bicyclic) bond motifs is 1. The van der Waals surface area contributed by atoms with E-state index >= 15 is 0 Å². The zero-order valence-corrected chi connectivity index (χ0v) is 8.00. The third-order valence-electron chi connectivity index (χ3n) is 2.63. The zero-order valence-electron chi connectivity index (χ0n) is 8.00. The highest BCUT2D eigenvalue weighted by atomic mass is 15.3. The summed E-state index contributed by atoms with van der Waals surface area (Å²) >= 11 is 0. The van der Waals surface area contributed by atoms with E-state index in [0.29, 0.717) is 0 Å². The number of hydrogen-bond donors (Lipinski definition) is 1. The largest absolute Gasteiger partial charge is 0.330 e. The lowest BCUT2D eigenvalue weighted by Gasteiger charge is -2.06. The first-order valence-corrected chi connectivity index (χ1v) is 5.15. The Morgan fingerprint density at radius 2 is 2.23 bits per heavy atom. The van der Waals surface area contributed by atoms with Crippen molar-refractivity contribution in [2.24, 2.45) is 5.73 Å². The number of nitrogens with two attached hydrogens (primary N) is 1. The number of aromatic nitrogens is 2. The van der Waals surface area contributed by atoms with Crippen molar-refractivity contribution in [1.29, 1.82) is 0 Å². The van der Waals surface area contributed by atoms with E-state index in [0.717, 1.165) is 19.5 Å². The van der Waals surface area contributed by atoms with E-state index in [1.54, 1.807) is 0 Å². The molecule has 72 valence electrons. The molecule has 0 unspecified atom stereocenters. The minimum atomic E-state index is 0.754. The zero-order chi connectivity index (χ0) is 9.10. The molecule has 0 saturated heterocycles.